The van der Waals surface area contributed by atoms with Crippen LogP contribution >= 0.6 is 0 Å². The molecule has 0 bridgehead atoms. The number of hydrogen-bond acceptors (Lipinski definition) is 1. The highest BCUT2D eigenvalue weighted by molar-refractivity contribution is 6.09. The molecule has 0 aliphatic heterocycles. The first kappa shape index (κ1) is 23.8. The van der Waals surface area contributed by atoms with E-state index in [0.717, 1.165) is 33.9 Å². The van der Waals surface area contributed by atoms with Crippen molar-refractivity contribution >= 4 is 45.0 Å². The summed E-state index contributed by atoms with van der Waals surface area (Å²) in [5.41, 5.74) is 9.20. The normalized spacial score (nSPS) is 11.7. The summed E-state index contributed by atoms with van der Waals surface area (Å²) in [7, 11) is 0. The van der Waals surface area contributed by atoms with Crippen LogP contribution in [-0.4, -0.2) is 4.57 Å². The lowest BCUT2D eigenvalue weighted by atomic mass is 10.0. The molecule has 190 valence electrons. The summed E-state index contributed by atoms with van der Waals surface area (Å²) in [6.45, 7) is 0. The van der Waals surface area contributed by atoms with Gasteiger partial charge < -0.3 is 9.47 Å². The van der Waals surface area contributed by atoms with Crippen LogP contribution in [0.3, 0.4) is 0 Å². The van der Waals surface area contributed by atoms with Gasteiger partial charge in [-0.05, 0) is 65.7 Å². The topological polar surface area (TPSA) is 8.17 Å². The predicted octanol–water partition coefficient (Wildman–Crippen LogP) is 10.1. The van der Waals surface area contributed by atoms with Crippen LogP contribution in [0.1, 0.15) is 11.1 Å². The largest absolute Gasteiger partial charge is 0.310 e. The third-order valence-corrected chi connectivity index (χ3v) is 7.37. The van der Waals surface area contributed by atoms with Crippen LogP contribution in [0.4, 0.5) is 11.4 Å². The van der Waals surface area contributed by atoms with Crippen molar-refractivity contribution in [1.29, 1.82) is 0 Å². The molecule has 2 heteroatoms. The Morgan fingerprint density at radius 2 is 0.925 bits per heavy atom. The van der Waals surface area contributed by atoms with Crippen LogP contribution in [0.15, 0.2) is 164 Å². The molecular weight excluding hydrogens is 484 g/mol. The molecular formula is C38H28N2. The molecule has 40 heavy (non-hydrogen) atoms. The number of fused-ring (bicyclic) bond motifs is 3. The number of rotatable bonds is 6. The van der Waals surface area contributed by atoms with E-state index < -0.39 is 0 Å². The van der Waals surface area contributed by atoms with E-state index in [0.29, 0.717) is 0 Å². The van der Waals surface area contributed by atoms with Gasteiger partial charge in [0.05, 0.1) is 16.7 Å². The summed E-state index contributed by atoms with van der Waals surface area (Å²) in [5.74, 6) is 0. The molecule has 0 fully saturated rings. The van der Waals surface area contributed by atoms with E-state index in [1.165, 1.54) is 21.8 Å². The molecule has 0 unspecified atom stereocenters. The third kappa shape index (κ3) is 4.36. The lowest BCUT2D eigenvalue weighted by molar-refractivity contribution is 1.17. The molecule has 0 amide bonds. The predicted molar refractivity (Wildman–Crippen MR) is 170 cm³/mol. The summed E-state index contributed by atoms with van der Waals surface area (Å²) < 4.78 is 2.36. The number of para-hydroxylation sites is 3. The third-order valence-electron chi connectivity index (χ3n) is 7.37. The lowest BCUT2D eigenvalue weighted by Crippen LogP contribution is -2.15. The van der Waals surface area contributed by atoms with E-state index >= 15 is 0 Å². The Labute approximate surface area is 234 Å². The number of benzene rings is 6. The molecule has 2 nitrogen and oxygen atoms in total. The van der Waals surface area contributed by atoms with Crippen LogP contribution in [-0.2, 0) is 0 Å². The maximum absolute atomic E-state index is 2.36. The maximum Gasteiger partial charge on any atom is 0.0541 e. The van der Waals surface area contributed by atoms with Gasteiger partial charge in [0.1, 0.15) is 0 Å². The summed E-state index contributed by atoms with van der Waals surface area (Å²) in [5, 5.41) is 2.54. The first-order valence-corrected chi connectivity index (χ1v) is 13.6. The fourth-order valence-electron chi connectivity index (χ4n) is 5.55. The minimum atomic E-state index is 1.10. The van der Waals surface area contributed by atoms with Crippen LogP contribution in [0.5, 0.6) is 0 Å². The highest BCUT2D eigenvalue weighted by Gasteiger charge is 2.18. The van der Waals surface area contributed by atoms with Crippen LogP contribution < -0.4 is 4.90 Å². The number of anilines is 2. The van der Waals surface area contributed by atoms with Crippen molar-refractivity contribution in [2.45, 2.75) is 0 Å². The SMILES string of the molecule is C(=C(c1ccccc1)N(c1ccccc1)c1ccc(-n2c3ccccc3c3ccccc32)cc1)c1ccccc1. The lowest BCUT2D eigenvalue weighted by Gasteiger charge is -2.29. The van der Waals surface area contributed by atoms with E-state index in [1.54, 1.807) is 0 Å². The van der Waals surface area contributed by atoms with E-state index in [1.807, 2.05) is 0 Å². The molecule has 6 aromatic carbocycles. The smallest absolute Gasteiger partial charge is 0.0541 e. The van der Waals surface area contributed by atoms with Gasteiger partial charge in [0.2, 0.25) is 0 Å². The Balaban J connectivity index is 1.40. The number of nitrogens with zero attached hydrogens (tertiary/aromatic N) is 2. The fraction of sp³-hybridized carbons (Fsp3) is 0. The van der Waals surface area contributed by atoms with Gasteiger partial charge in [-0.2, -0.15) is 0 Å². The minimum absolute atomic E-state index is 1.10. The van der Waals surface area contributed by atoms with Crippen LogP contribution in [0.2, 0.25) is 0 Å². The van der Waals surface area contributed by atoms with Gasteiger partial charge in [-0.3, -0.25) is 0 Å². The number of hydrogen-bond donors (Lipinski definition) is 0. The van der Waals surface area contributed by atoms with Crippen molar-refractivity contribution in [3.63, 3.8) is 0 Å². The molecule has 0 atom stereocenters. The molecule has 0 aliphatic carbocycles. The monoisotopic (exact) mass is 512 g/mol. The zero-order valence-corrected chi connectivity index (χ0v) is 22.1. The van der Waals surface area contributed by atoms with E-state index in [2.05, 4.69) is 179 Å². The Hall–Kier alpha value is -5.34. The van der Waals surface area contributed by atoms with Gasteiger partial charge in [-0.1, -0.05) is 115 Å². The van der Waals surface area contributed by atoms with Gasteiger partial charge in [0.15, 0.2) is 0 Å². The van der Waals surface area contributed by atoms with Gasteiger partial charge in [0, 0.05) is 27.8 Å². The fourth-order valence-corrected chi connectivity index (χ4v) is 5.55. The molecule has 0 aliphatic rings. The van der Waals surface area contributed by atoms with Crippen molar-refractivity contribution < 1.29 is 0 Å². The van der Waals surface area contributed by atoms with Gasteiger partial charge in [-0.25, -0.2) is 0 Å². The summed E-state index contributed by atoms with van der Waals surface area (Å²) in [4.78, 5) is 2.35. The van der Waals surface area contributed by atoms with E-state index in [-0.39, 0.29) is 0 Å². The molecule has 0 radical (unpaired) electrons. The second-order valence-corrected chi connectivity index (χ2v) is 9.86. The summed E-state index contributed by atoms with van der Waals surface area (Å²) in [6, 6.07) is 58.0. The summed E-state index contributed by atoms with van der Waals surface area (Å²) in [6.07, 6.45) is 2.27. The van der Waals surface area contributed by atoms with Gasteiger partial charge in [-0.15, -0.1) is 0 Å². The highest BCUT2D eigenvalue weighted by atomic mass is 15.1. The Morgan fingerprint density at radius 3 is 1.52 bits per heavy atom. The average Bonchev–Trinajstić information content (AvgIpc) is 3.37. The van der Waals surface area contributed by atoms with Crippen molar-refractivity contribution in [3.8, 4) is 5.69 Å². The van der Waals surface area contributed by atoms with Crippen LogP contribution in [0, 0.1) is 0 Å². The maximum atomic E-state index is 2.36. The first-order chi connectivity index (χ1) is 19.9. The molecule has 0 spiro atoms. The van der Waals surface area contributed by atoms with Crippen LogP contribution in [0.25, 0.3) is 39.3 Å². The Morgan fingerprint density at radius 1 is 0.450 bits per heavy atom. The molecule has 7 aromatic rings. The van der Waals surface area contributed by atoms with Crippen molar-refractivity contribution in [2.24, 2.45) is 0 Å². The van der Waals surface area contributed by atoms with Crippen molar-refractivity contribution in [1.82, 2.24) is 4.57 Å². The average molecular weight is 513 g/mol. The molecule has 1 heterocycles. The Bertz CT molecular complexity index is 1860. The zero-order chi connectivity index (χ0) is 26.7. The second kappa shape index (κ2) is 10.4. The molecule has 0 N–H and O–H groups in total. The van der Waals surface area contributed by atoms with Crippen molar-refractivity contribution in [3.05, 3.63) is 175 Å². The quantitative estimate of drug-likeness (QED) is 0.201. The van der Waals surface area contributed by atoms with Gasteiger partial charge >= 0.3 is 0 Å². The number of aromatic nitrogens is 1. The molecule has 0 saturated heterocycles. The second-order valence-electron chi connectivity index (χ2n) is 9.86. The van der Waals surface area contributed by atoms with Crippen molar-refractivity contribution in [2.75, 3.05) is 4.90 Å². The standard InChI is InChI=1S/C38H28N2/c1-4-14-29(15-5-1)28-38(30-16-6-2-7-17-30)39(31-18-8-3-9-19-31)32-24-26-33(27-25-32)40-36-22-12-10-20-34(36)35-21-11-13-23-37(35)40/h1-28H. The molecule has 7 rings (SSSR count). The van der Waals surface area contributed by atoms with E-state index in [9.17, 15) is 0 Å². The highest BCUT2D eigenvalue weighted by Crippen LogP contribution is 2.37. The first-order valence-electron chi connectivity index (χ1n) is 13.6. The molecule has 0 saturated carbocycles. The van der Waals surface area contributed by atoms with E-state index in [4.69, 9.17) is 0 Å². The Kier molecular flexibility index (Phi) is 6.20. The molecule has 1 aromatic heterocycles. The zero-order valence-electron chi connectivity index (χ0n) is 22.1. The minimum Gasteiger partial charge on any atom is -0.310 e. The van der Waals surface area contributed by atoms with Gasteiger partial charge in [0.25, 0.3) is 0 Å². The summed E-state index contributed by atoms with van der Waals surface area (Å²) >= 11 is 0.